The standard InChI is InChI=1S/C17H32N4O/c1-5-18-15(19-12-14(22)20-16(2,3)4)21-11-10-17(13-21)8-6-7-9-17/h5-13H2,1-4H3,(H,18,19)(H,20,22). The van der Waals surface area contributed by atoms with Gasteiger partial charge in [-0.3, -0.25) is 4.79 Å². The van der Waals surface area contributed by atoms with Gasteiger partial charge in [0.05, 0.1) is 0 Å². The molecule has 126 valence electrons. The largest absolute Gasteiger partial charge is 0.357 e. The summed E-state index contributed by atoms with van der Waals surface area (Å²) in [6.45, 7) is 11.2. The molecule has 0 aromatic heterocycles. The van der Waals surface area contributed by atoms with Gasteiger partial charge in [0.15, 0.2) is 5.96 Å². The molecule has 2 rings (SSSR count). The molecule has 0 radical (unpaired) electrons. The molecule has 0 aromatic carbocycles. The number of likely N-dealkylation sites (tertiary alicyclic amines) is 1. The van der Waals surface area contributed by atoms with E-state index in [1.54, 1.807) is 0 Å². The van der Waals surface area contributed by atoms with Crippen molar-refractivity contribution < 1.29 is 4.79 Å². The minimum atomic E-state index is -0.202. The molecule has 1 aliphatic carbocycles. The summed E-state index contributed by atoms with van der Waals surface area (Å²) in [5, 5.41) is 6.31. The molecule has 1 amide bonds. The van der Waals surface area contributed by atoms with Crippen LogP contribution in [0.3, 0.4) is 0 Å². The van der Waals surface area contributed by atoms with Crippen LogP contribution >= 0.6 is 0 Å². The molecule has 0 atom stereocenters. The Balaban J connectivity index is 1.94. The maximum atomic E-state index is 12.0. The van der Waals surface area contributed by atoms with Crippen LogP contribution < -0.4 is 10.6 Å². The fourth-order valence-corrected chi connectivity index (χ4v) is 3.68. The maximum Gasteiger partial charge on any atom is 0.242 e. The number of carbonyl (C=O) groups is 1. The van der Waals surface area contributed by atoms with Crippen molar-refractivity contribution in [3.8, 4) is 0 Å². The summed E-state index contributed by atoms with van der Waals surface area (Å²) >= 11 is 0. The van der Waals surface area contributed by atoms with E-state index in [4.69, 9.17) is 0 Å². The third-order valence-electron chi connectivity index (χ3n) is 4.62. The summed E-state index contributed by atoms with van der Waals surface area (Å²) in [7, 11) is 0. The molecular formula is C17H32N4O. The third kappa shape index (κ3) is 4.62. The number of nitrogens with one attached hydrogen (secondary N) is 2. The van der Waals surface area contributed by atoms with E-state index < -0.39 is 0 Å². The highest BCUT2D eigenvalue weighted by atomic mass is 16.2. The van der Waals surface area contributed by atoms with Crippen LogP contribution in [0.1, 0.15) is 59.8 Å². The van der Waals surface area contributed by atoms with Gasteiger partial charge in [-0.25, -0.2) is 4.99 Å². The Bertz CT molecular complexity index is 419. The highest BCUT2D eigenvalue weighted by Crippen LogP contribution is 2.45. The molecule has 0 aromatic rings. The predicted molar refractivity (Wildman–Crippen MR) is 91.0 cm³/mol. The quantitative estimate of drug-likeness (QED) is 0.620. The molecule has 2 fully saturated rings. The molecule has 2 N–H and O–H groups in total. The van der Waals surface area contributed by atoms with Crippen molar-refractivity contribution in [1.29, 1.82) is 0 Å². The van der Waals surface area contributed by atoms with Gasteiger partial charge in [-0.15, -0.1) is 0 Å². The van der Waals surface area contributed by atoms with E-state index in [9.17, 15) is 4.79 Å². The van der Waals surface area contributed by atoms with Gasteiger partial charge in [0.25, 0.3) is 0 Å². The maximum absolute atomic E-state index is 12.0. The van der Waals surface area contributed by atoms with E-state index in [1.807, 2.05) is 20.8 Å². The molecular weight excluding hydrogens is 276 g/mol. The number of aliphatic imine (C=N–C) groups is 1. The van der Waals surface area contributed by atoms with Crippen LogP contribution in [0.5, 0.6) is 0 Å². The van der Waals surface area contributed by atoms with Gasteiger partial charge in [0.1, 0.15) is 6.54 Å². The van der Waals surface area contributed by atoms with Gasteiger partial charge in [-0.2, -0.15) is 0 Å². The summed E-state index contributed by atoms with van der Waals surface area (Å²) in [4.78, 5) is 18.9. The number of carbonyl (C=O) groups excluding carboxylic acids is 1. The molecule has 1 spiro atoms. The summed E-state index contributed by atoms with van der Waals surface area (Å²) in [5.41, 5.74) is 0.316. The third-order valence-corrected chi connectivity index (χ3v) is 4.62. The molecule has 1 aliphatic heterocycles. The zero-order valence-electron chi connectivity index (χ0n) is 14.7. The minimum absolute atomic E-state index is 0.0160. The van der Waals surface area contributed by atoms with E-state index in [1.165, 1.54) is 32.1 Å². The zero-order valence-corrected chi connectivity index (χ0v) is 14.7. The Morgan fingerprint density at radius 1 is 1.23 bits per heavy atom. The predicted octanol–water partition coefficient (Wildman–Crippen LogP) is 2.13. The van der Waals surface area contributed by atoms with Crippen molar-refractivity contribution in [3.05, 3.63) is 0 Å². The molecule has 2 aliphatic rings. The van der Waals surface area contributed by atoms with E-state index in [0.717, 1.165) is 25.6 Å². The molecule has 0 bridgehead atoms. The Morgan fingerprint density at radius 2 is 1.91 bits per heavy atom. The number of amides is 1. The first-order valence-corrected chi connectivity index (χ1v) is 8.68. The summed E-state index contributed by atoms with van der Waals surface area (Å²) in [6.07, 6.45) is 6.72. The number of nitrogens with zero attached hydrogens (tertiary/aromatic N) is 2. The van der Waals surface area contributed by atoms with Crippen molar-refractivity contribution in [2.24, 2.45) is 10.4 Å². The number of hydrogen-bond acceptors (Lipinski definition) is 2. The Kier molecular flexibility index (Phi) is 5.35. The second-order valence-electron chi connectivity index (χ2n) is 7.85. The Morgan fingerprint density at radius 3 is 2.50 bits per heavy atom. The number of rotatable bonds is 3. The molecule has 5 heteroatoms. The van der Waals surface area contributed by atoms with Gasteiger partial charge in [0, 0.05) is 25.2 Å². The van der Waals surface area contributed by atoms with Crippen molar-refractivity contribution in [3.63, 3.8) is 0 Å². The minimum Gasteiger partial charge on any atom is -0.357 e. The molecule has 1 saturated carbocycles. The average molecular weight is 308 g/mol. The van der Waals surface area contributed by atoms with Gasteiger partial charge < -0.3 is 15.5 Å². The molecule has 1 saturated heterocycles. The van der Waals surface area contributed by atoms with Crippen molar-refractivity contribution in [2.75, 3.05) is 26.2 Å². The van der Waals surface area contributed by atoms with Crippen molar-refractivity contribution in [2.45, 2.75) is 65.3 Å². The number of guanidine groups is 1. The lowest BCUT2D eigenvalue weighted by atomic mass is 9.86. The smallest absolute Gasteiger partial charge is 0.242 e. The Labute approximate surface area is 134 Å². The SMILES string of the molecule is CCNC(=NCC(=O)NC(C)(C)C)N1CCC2(CCCC2)C1. The van der Waals surface area contributed by atoms with Crippen molar-refractivity contribution in [1.82, 2.24) is 15.5 Å². The van der Waals surface area contributed by atoms with Gasteiger partial charge >= 0.3 is 0 Å². The highest BCUT2D eigenvalue weighted by Gasteiger charge is 2.41. The fraction of sp³-hybridized carbons (Fsp3) is 0.882. The first-order valence-electron chi connectivity index (χ1n) is 8.68. The topological polar surface area (TPSA) is 56.7 Å². The second kappa shape index (κ2) is 6.88. The van der Waals surface area contributed by atoms with E-state index in [0.29, 0.717) is 5.41 Å². The van der Waals surface area contributed by atoms with Crippen LogP contribution in [0.2, 0.25) is 0 Å². The fourth-order valence-electron chi connectivity index (χ4n) is 3.68. The van der Waals surface area contributed by atoms with Crippen LogP contribution in [0.15, 0.2) is 4.99 Å². The van der Waals surface area contributed by atoms with Crippen LogP contribution in [-0.2, 0) is 4.79 Å². The summed E-state index contributed by atoms with van der Waals surface area (Å²) < 4.78 is 0. The molecule has 5 nitrogen and oxygen atoms in total. The lowest BCUT2D eigenvalue weighted by Gasteiger charge is -2.26. The van der Waals surface area contributed by atoms with Crippen molar-refractivity contribution >= 4 is 11.9 Å². The van der Waals surface area contributed by atoms with E-state index in [-0.39, 0.29) is 18.0 Å². The Hall–Kier alpha value is -1.26. The number of hydrogen-bond donors (Lipinski definition) is 2. The van der Waals surface area contributed by atoms with Crippen LogP contribution in [-0.4, -0.2) is 48.5 Å². The lowest BCUT2D eigenvalue weighted by molar-refractivity contribution is -0.121. The van der Waals surface area contributed by atoms with E-state index >= 15 is 0 Å². The first kappa shape index (κ1) is 17.1. The average Bonchev–Trinajstić information content (AvgIpc) is 3.03. The normalized spacial score (nSPS) is 21.5. The van der Waals surface area contributed by atoms with Gasteiger partial charge in [-0.05, 0) is 52.4 Å². The van der Waals surface area contributed by atoms with Crippen LogP contribution in [0.4, 0.5) is 0 Å². The lowest BCUT2D eigenvalue weighted by Crippen LogP contribution is -2.44. The summed E-state index contributed by atoms with van der Waals surface area (Å²) in [6, 6.07) is 0. The van der Waals surface area contributed by atoms with Crippen LogP contribution in [0.25, 0.3) is 0 Å². The van der Waals surface area contributed by atoms with Gasteiger partial charge in [0.2, 0.25) is 5.91 Å². The monoisotopic (exact) mass is 308 g/mol. The van der Waals surface area contributed by atoms with Gasteiger partial charge in [-0.1, -0.05) is 12.8 Å². The second-order valence-corrected chi connectivity index (χ2v) is 7.85. The summed E-state index contributed by atoms with van der Waals surface area (Å²) in [5.74, 6) is 0.882. The molecule has 1 heterocycles. The molecule has 0 unspecified atom stereocenters. The van der Waals surface area contributed by atoms with E-state index in [2.05, 4.69) is 27.4 Å². The highest BCUT2D eigenvalue weighted by molar-refractivity contribution is 5.85. The zero-order chi connectivity index (χ0) is 16.2. The van der Waals surface area contributed by atoms with Crippen LogP contribution in [0, 0.1) is 5.41 Å². The first-order chi connectivity index (χ1) is 10.3. The molecule has 22 heavy (non-hydrogen) atoms.